The maximum absolute atomic E-state index is 12.2. The molecule has 0 bridgehead atoms. The van der Waals surface area contributed by atoms with Crippen LogP contribution in [0.5, 0.6) is 5.75 Å². The molecule has 4 aromatic rings. The quantitative estimate of drug-likeness (QED) is 0.376. The van der Waals surface area contributed by atoms with E-state index in [1.807, 2.05) is 54.6 Å². The Hall–Kier alpha value is -3.24. The monoisotopic (exact) mass is 392 g/mol. The summed E-state index contributed by atoms with van der Waals surface area (Å²) in [5.41, 5.74) is 0.740. The van der Waals surface area contributed by atoms with Crippen molar-refractivity contribution in [3.05, 3.63) is 101 Å². The highest BCUT2D eigenvalue weighted by molar-refractivity contribution is 6.31. The lowest BCUT2D eigenvalue weighted by Crippen LogP contribution is -2.04. The molecule has 4 rings (SSSR count). The Morgan fingerprint density at radius 1 is 0.857 bits per heavy atom. The predicted molar refractivity (Wildman–Crippen MR) is 108 cm³/mol. The van der Waals surface area contributed by atoms with E-state index in [4.69, 9.17) is 25.5 Å². The molecule has 0 unspecified atom stereocenters. The smallest absolute Gasteiger partial charge is 0.374 e. The molecule has 3 aromatic carbocycles. The van der Waals surface area contributed by atoms with Crippen molar-refractivity contribution in [1.29, 1.82) is 0 Å². The summed E-state index contributed by atoms with van der Waals surface area (Å²) in [5.74, 6) is 0.858. The molecule has 5 heteroatoms. The van der Waals surface area contributed by atoms with Gasteiger partial charge in [-0.2, -0.15) is 0 Å². The minimum atomic E-state index is -0.545. The van der Waals surface area contributed by atoms with E-state index in [1.54, 1.807) is 24.3 Å². The Labute approximate surface area is 167 Å². The summed E-state index contributed by atoms with van der Waals surface area (Å²) >= 11 is 6.06. The van der Waals surface area contributed by atoms with Gasteiger partial charge in [0.05, 0.1) is 0 Å². The molecule has 28 heavy (non-hydrogen) atoms. The van der Waals surface area contributed by atoms with Gasteiger partial charge in [0, 0.05) is 10.6 Å². The van der Waals surface area contributed by atoms with Crippen molar-refractivity contribution >= 4 is 28.3 Å². The van der Waals surface area contributed by atoms with E-state index in [9.17, 15) is 4.79 Å². The van der Waals surface area contributed by atoms with Gasteiger partial charge < -0.3 is 13.9 Å². The number of carbonyl (C=O) groups excluding carboxylic acids is 1. The van der Waals surface area contributed by atoms with Crippen LogP contribution in [0.2, 0.25) is 5.02 Å². The summed E-state index contributed by atoms with van der Waals surface area (Å²) in [6, 6.07) is 24.4. The Morgan fingerprint density at radius 3 is 2.50 bits per heavy atom. The van der Waals surface area contributed by atoms with Crippen LogP contribution in [0.3, 0.4) is 0 Å². The molecule has 0 aliphatic heterocycles. The van der Waals surface area contributed by atoms with Gasteiger partial charge in [0.15, 0.2) is 0 Å². The molecule has 140 valence electrons. The van der Waals surface area contributed by atoms with E-state index in [1.165, 1.54) is 0 Å². The van der Waals surface area contributed by atoms with E-state index < -0.39 is 5.97 Å². The zero-order chi connectivity index (χ0) is 19.3. The van der Waals surface area contributed by atoms with Crippen LogP contribution in [0.1, 0.15) is 21.9 Å². The fourth-order valence-electron chi connectivity index (χ4n) is 2.81. The molecule has 0 amide bonds. The number of rotatable bonds is 6. The first-order chi connectivity index (χ1) is 13.7. The second kappa shape index (κ2) is 8.19. The molecule has 0 N–H and O–H groups in total. The molecule has 0 radical (unpaired) electrons. The SMILES string of the molecule is O=C(OCc1ccccc1Cl)c1ccc(COc2ccc3ccccc3c2)o1. The fourth-order valence-corrected chi connectivity index (χ4v) is 3.00. The van der Waals surface area contributed by atoms with Crippen LogP contribution in [0.15, 0.2) is 83.3 Å². The average molecular weight is 393 g/mol. The molecule has 1 aromatic heterocycles. The lowest BCUT2D eigenvalue weighted by atomic mass is 10.1. The number of hydrogen-bond donors (Lipinski definition) is 0. The molecule has 0 saturated heterocycles. The van der Waals surface area contributed by atoms with Gasteiger partial charge in [-0.3, -0.25) is 0 Å². The van der Waals surface area contributed by atoms with Gasteiger partial charge in [0.2, 0.25) is 5.76 Å². The summed E-state index contributed by atoms with van der Waals surface area (Å²) in [6.07, 6.45) is 0. The summed E-state index contributed by atoms with van der Waals surface area (Å²) < 4.78 is 16.6. The summed E-state index contributed by atoms with van der Waals surface area (Å²) in [6.45, 7) is 0.304. The molecule has 0 atom stereocenters. The van der Waals surface area contributed by atoms with Crippen molar-refractivity contribution in [3.8, 4) is 5.75 Å². The zero-order valence-corrected chi connectivity index (χ0v) is 15.7. The second-order valence-electron chi connectivity index (χ2n) is 6.23. The fraction of sp³-hybridized carbons (Fsp3) is 0.0870. The van der Waals surface area contributed by atoms with E-state index in [2.05, 4.69) is 0 Å². The van der Waals surface area contributed by atoms with Crippen molar-refractivity contribution in [2.75, 3.05) is 0 Å². The topological polar surface area (TPSA) is 48.7 Å². The standard InChI is InChI=1S/C23H17ClO4/c24-21-8-4-3-7-18(21)14-27-23(25)22-12-11-20(28-22)15-26-19-10-9-16-5-1-2-6-17(16)13-19/h1-13H,14-15H2. The number of hydrogen-bond acceptors (Lipinski definition) is 4. The van der Waals surface area contributed by atoms with Crippen LogP contribution in [-0.2, 0) is 18.0 Å². The lowest BCUT2D eigenvalue weighted by Gasteiger charge is -2.06. The Bertz CT molecular complexity index is 1120. The van der Waals surface area contributed by atoms with E-state index >= 15 is 0 Å². The molecule has 0 aliphatic rings. The number of benzene rings is 3. The maximum atomic E-state index is 12.2. The van der Waals surface area contributed by atoms with Gasteiger partial charge in [-0.05, 0) is 41.1 Å². The number of furan rings is 1. The molecule has 4 nitrogen and oxygen atoms in total. The zero-order valence-electron chi connectivity index (χ0n) is 14.9. The van der Waals surface area contributed by atoms with Crippen molar-refractivity contribution < 1.29 is 18.7 Å². The van der Waals surface area contributed by atoms with Gasteiger partial charge in [-0.15, -0.1) is 0 Å². The third kappa shape index (κ3) is 4.18. The van der Waals surface area contributed by atoms with Crippen LogP contribution < -0.4 is 4.74 Å². The number of halogens is 1. The van der Waals surface area contributed by atoms with Crippen molar-refractivity contribution in [1.82, 2.24) is 0 Å². The van der Waals surface area contributed by atoms with Gasteiger partial charge in [-0.25, -0.2) is 4.79 Å². The first kappa shape index (κ1) is 18.1. The minimum absolute atomic E-state index is 0.0854. The third-order valence-corrected chi connectivity index (χ3v) is 4.65. The number of ether oxygens (including phenoxy) is 2. The summed E-state index contributed by atoms with van der Waals surface area (Å²) in [5, 5.41) is 2.80. The van der Waals surface area contributed by atoms with Crippen LogP contribution >= 0.6 is 11.6 Å². The number of carbonyl (C=O) groups is 1. The first-order valence-electron chi connectivity index (χ1n) is 8.80. The molecular weight excluding hydrogens is 376 g/mol. The highest BCUT2D eigenvalue weighted by Crippen LogP contribution is 2.22. The normalized spacial score (nSPS) is 10.8. The molecule has 0 saturated carbocycles. The highest BCUT2D eigenvalue weighted by atomic mass is 35.5. The maximum Gasteiger partial charge on any atom is 0.374 e. The molecule has 0 spiro atoms. The van der Waals surface area contributed by atoms with Crippen molar-refractivity contribution in [3.63, 3.8) is 0 Å². The Morgan fingerprint density at radius 2 is 1.64 bits per heavy atom. The van der Waals surface area contributed by atoms with Crippen LogP contribution in [0, 0.1) is 0 Å². The first-order valence-corrected chi connectivity index (χ1v) is 9.18. The van der Waals surface area contributed by atoms with Gasteiger partial charge >= 0.3 is 5.97 Å². The molecule has 0 fully saturated rings. The van der Waals surface area contributed by atoms with E-state index in [0.29, 0.717) is 10.8 Å². The third-order valence-electron chi connectivity index (χ3n) is 4.28. The minimum Gasteiger partial charge on any atom is -0.486 e. The van der Waals surface area contributed by atoms with Crippen LogP contribution in [0.25, 0.3) is 10.8 Å². The van der Waals surface area contributed by atoms with Gasteiger partial charge in [-0.1, -0.05) is 60.1 Å². The molecular formula is C23H17ClO4. The largest absolute Gasteiger partial charge is 0.486 e. The van der Waals surface area contributed by atoms with Gasteiger partial charge in [0.25, 0.3) is 0 Å². The van der Waals surface area contributed by atoms with Crippen LogP contribution in [0.4, 0.5) is 0 Å². The van der Waals surface area contributed by atoms with E-state index in [0.717, 1.165) is 22.1 Å². The Kier molecular flexibility index (Phi) is 5.31. The van der Waals surface area contributed by atoms with Crippen molar-refractivity contribution in [2.45, 2.75) is 13.2 Å². The highest BCUT2D eigenvalue weighted by Gasteiger charge is 2.14. The molecule has 0 aliphatic carbocycles. The van der Waals surface area contributed by atoms with Crippen molar-refractivity contribution in [2.24, 2.45) is 0 Å². The number of fused-ring (bicyclic) bond motifs is 1. The van der Waals surface area contributed by atoms with Gasteiger partial charge in [0.1, 0.15) is 24.7 Å². The predicted octanol–water partition coefficient (Wildman–Crippen LogP) is 6.02. The Balaban J connectivity index is 1.35. The second-order valence-corrected chi connectivity index (χ2v) is 6.64. The summed E-state index contributed by atoms with van der Waals surface area (Å²) in [7, 11) is 0. The van der Waals surface area contributed by atoms with E-state index in [-0.39, 0.29) is 19.0 Å². The summed E-state index contributed by atoms with van der Waals surface area (Å²) in [4.78, 5) is 12.2. The molecule has 1 heterocycles. The van der Waals surface area contributed by atoms with Crippen LogP contribution in [-0.4, -0.2) is 5.97 Å². The lowest BCUT2D eigenvalue weighted by molar-refractivity contribution is 0.0432. The number of esters is 1. The average Bonchev–Trinajstić information content (AvgIpc) is 3.20.